The van der Waals surface area contributed by atoms with Gasteiger partial charge < -0.3 is 5.32 Å². The second-order valence-corrected chi connectivity index (χ2v) is 6.49. The molecule has 19 heavy (non-hydrogen) atoms. The van der Waals surface area contributed by atoms with Crippen molar-refractivity contribution in [2.75, 3.05) is 5.32 Å². The second kappa shape index (κ2) is 4.35. The molecule has 0 bridgehead atoms. The molecule has 0 saturated heterocycles. The third kappa shape index (κ3) is 2.46. The van der Waals surface area contributed by atoms with Crippen molar-refractivity contribution in [1.82, 2.24) is 14.8 Å². The summed E-state index contributed by atoms with van der Waals surface area (Å²) in [6, 6.07) is 8.14. The largest absolute Gasteiger partial charge is 0.329 e. The highest BCUT2D eigenvalue weighted by Crippen LogP contribution is 2.28. The molecule has 98 valence electrons. The van der Waals surface area contributed by atoms with E-state index in [1.54, 1.807) is 11.3 Å². The average Bonchev–Trinajstić information content (AvgIpc) is 2.94. The van der Waals surface area contributed by atoms with Crippen LogP contribution < -0.4 is 5.32 Å². The molecular weight excluding hydrogens is 256 g/mol. The van der Waals surface area contributed by atoms with Crippen molar-refractivity contribution < 1.29 is 0 Å². The Morgan fingerprint density at radius 3 is 2.68 bits per heavy atom. The van der Waals surface area contributed by atoms with Gasteiger partial charge >= 0.3 is 0 Å². The van der Waals surface area contributed by atoms with Crippen molar-refractivity contribution in [3.05, 3.63) is 36.7 Å². The van der Waals surface area contributed by atoms with Gasteiger partial charge in [-0.3, -0.25) is 4.68 Å². The van der Waals surface area contributed by atoms with Gasteiger partial charge in [0.05, 0.1) is 27.6 Å². The first-order valence-electron chi connectivity index (χ1n) is 6.20. The van der Waals surface area contributed by atoms with Gasteiger partial charge in [-0.05, 0) is 32.9 Å². The minimum absolute atomic E-state index is 0.00643. The van der Waals surface area contributed by atoms with Crippen molar-refractivity contribution in [3.8, 4) is 0 Å². The molecule has 0 aliphatic heterocycles. The van der Waals surface area contributed by atoms with Crippen molar-refractivity contribution in [2.45, 2.75) is 26.3 Å². The number of fused-ring (bicyclic) bond motifs is 1. The molecule has 1 N–H and O–H groups in total. The van der Waals surface area contributed by atoms with Gasteiger partial charge in [-0.25, -0.2) is 4.98 Å². The predicted molar refractivity (Wildman–Crippen MR) is 80.1 cm³/mol. The smallest absolute Gasteiger partial charge is 0.188 e. The average molecular weight is 272 g/mol. The summed E-state index contributed by atoms with van der Waals surface area (Å²) in [6.07, 6.45) is 3.84. The quantitative estimate of drug-likeness (QED) is 0.767. The molecule has 1 aromatic carbocycles. The van der Waals surface area contributed by atoms with Crippen LogP contribution in [0.5, 0.6) is 0 Å². The van der Waals surface area contributed by atoms with E-state index in [4.69, 9.17) is 0 Å². The fraction of sp³-hybridized carbons (Fsp3) is 0.286. The maximum absolute atomic E-state index is 4.55. The SMILES string of the molecule is CC(C)(C)n1cc(Nc2nc3ccccc3s2)cn1. The number of aromatic nitrogens is 3. The van der Waals surface area contributed by atoms with E-state index in [1.165, 1.54) is 4.70 Å². The zero-order valence-corrected chi connectivity index (χ0v) is 12.0. The zero-order valence-electron chi connectivity index (χ0n) is 11.2. The van der Waals surface area contributed by atoms with Gasteiger partial charge in [0.2, 0.25) is 0 Å². The van der Waals surface area contributed by atoms with Gasteiger partial charge in [0.25, 0.3) is 0 Å². The molecule has 0 radical (unpaired) electrons. The molecule has 0 spiro atoms. The molecule has 0 aliphatic carbocycles. The number of benzene rings is 1. The number of hydrogen-bond acceptors (Lipinski definition) is 4. The first-order valence-corrected chi connectivity index (χ1v) is 7.02. The van der Waals surface area contributed by atoms with Crippen LogP contribution in [0.2, 0.25) is 0 Å². The van der Waals surface area contributed by atoms with Gasteiger partial charge in [0.1, 0.15) is 0 Å². The summed E-state index contributed by atoms with van der Waals surface area (Å²) < 4.78 is 3.14. The van der Waals surface area contributed by atoms with Gasteiger partial charge in [-0.2, -0.15) is 5.10 Å². The lowest BCUT2D eigenvalue weighted by Gasteiger charge is -2.18. The Morgan fingerprint density at radius 2 is 2.00 bits per heavy atom. The van der Waals surface area contributed by atoms with E-state index in [0.717, 1.165) is 16.3 Å². The molecule has 0 unspecified atom stereocenters. The minimum atomic E-state index is -0.00643. The van der Waals surface area contributed by atoms with Crippen LogP contribution in [0, 0.1) is 0 Å². The maximum atomic E-state index is 4.55. The molecule has 0 amide bonds. The summed E-state index contributed by atoms with van der Waals surface area (Å²) in [5.74, 6) is 0. The Hall–Kier alpha value is -1.88. The van der Waals surface area contributed by atoms with E-state index in [9.17, 15) is 0 Å². The maximum Gasteiger partial charge on any atom is 0.188 e. The first-order chi connectivity index (χ1) is 9.02. The molecule has 0 atom stereocenters. The molecule has 0 saturated carbocycles. The topological polar surface area (TPSA) is 42.7 Å². The fourth-order valence-corrected chi connectivity index (χ4v) is 2.69. The molecule has 0 fully saturated rings. The third-order valence-corrected chi connectivity index (χ3v) is 3.77. The van der Waals surface area contributed by atoms with Crippen molar-refractivity contribution in [2.24, 2.45) is 0 Å². The van der Waals surface area contributed by atoms with Crippen molar-refractivity contribution >= 4 is 32.4 Å². The van der Waals surface area contributed by atoms with Crippen LogP contribution in [0.1, 0.15) is 20.8 Å². The van der Waals surface area contributed by atoms with Crippen molar-refractivity contribution in [1.29, 1.82) is 0 Å². The summed E-state index contributed by atoms with van der Waals surface area (Å²) >= 11 is 1.65. The van der Waals surface area contributed by atoms with E-state index in [1.807, 2.05) is 35.3 Å². The molecule has 4 nitrogen and oxygen atoms in total. The highest BCUT2D eigenvalue weighted by molar-refractivity contribution is 7.22. The third-order valence-electron chi connectivity index (χ3n) is 2.82. The van der Waals surface area contributed by atoms with E-state index in [2.05, 4.69) is 42.2 Å². The number of thiazole rings is 1. The van der Waals surface area contributed by atoms with Crippen LogP contribution >= 0.6 is 11.3 Å². The predicted octanol–water partition coefficient (Wildman–Crippen LogP) is 3.99. The van der Waals surface area contributed by atoms with Crippen LogP contribution in [0.25, 0.3) is 10.2 Å². The summed E-state index contributed by atoms with van der Waals surface area (Å²) in [6.45, 7) is 6.38. The van der Waals surface area contributed by atoms with Gasteiger partial charge in [-0.1, -0.05) is 23.5 Å². The second-order valence-electron chi connectivity index (χ2n) is 5.46. The Kier molecular flexibility index (Phi) is 2.78. The summed E-state index contributed by atoms with van der Waals surface area (Å²) in [5, 5.41) is 8.58. The molecule has 3 rings (SSSR count). The molecule has 0 aliphatic rings. The number of hydrogen-bond donors (Lipinski definition) is 1. The van der Waals surface area contributed by atoms with Crippen LogP contribution in [0.3, 0.4) is 0 Å². The summed E-state index contributed by atoms with van der Waals surface area (Å²) in [5.41, 5.74) is 1.99. The molecule has 5 heteroatoms. The lowest BCUT2D eigenvalue weighted by Crippen LogP contribution is -2.21. The molecule has 3 aromatic rings. The number of rotatable bonds is 2. The first kappa shape index (κ1) is 12.2. The van der Waals surface area contributed by atoms with E-state index >= 15 is 0 Å². The number of nitrogens with zero attached hydrogens (tertiary/aromatic N) is 3. The summed E-state index contributed by atoms with van der Waals surface area (Å²) in [4.78, 5) is 4.55. The van der Waals surface area contributed by atoms with Crippen molar-refractivity contribution in [3.63, 3.8) is 0 Å². The molecule has 2 heterocycles. The van der Waals surface area contributed by atoms with Crippen LogP contribution in [0.15, 0.2) is 36.7 Å². The van der Waals surface area contributed by atoms with Gasteiger partial charge in [0.15, 0.2) is 5.13 Å². The Morgan fingerprint density at radius 1 is 1.21 bits per heavy atom. The summed E-state index contributed by atoms with van der Waals surface area (Å²) in [7, 11) is 0. The Labute approximate surface area is 116 Å². The molecular formula is C14H16N4S. The van der Waals surface area contributed by atoms with Gasteiger partial charge in [-0.15, -0.1) is 0 Å². The minimum Gasteiger partial charge on any atom is -0.329 e. The number of para-hydroxylation sites is 1. The van der Waals surface area contributed by atoms with Crippen LogP contribution in [0.4, 0.5) is 10.8 Å². The Balaban J connectivity index is 1.86. The monoisotopic (exact) mass is 272 g/mol. The highest BCUT2D eigenvalue weighted by Gasteiger charge is 2.14. The van der Waals surface area contributed by atoms with E-state index in [-0.39, 0.29) is 5.54 Å². The van der Waals surface area contributed by atoms with E-state index in [0.29, 0.717) is 0 Å². The van der Waals surface area contributed by atoms with Crippen LogP contribution in [-0.4, -0.2) is 14.8 Å². The van der Waals surface area contributed by atoms with Crippen LogP contribution in [-0.2, 0) is 5.54 Å². The highest BCUT2D eigenvalue weighted by atomic mass is 32.1. The lowest BCUT2D eigenvalue weighted by atomic mass is 10.1. The standard InChI is InChI=1S/C14H16N4S/c1-14(2,3)18-9-10(8-15-18)16-13-17-11-6-4-5-7-12(11)19-13/h4-9H,1-3H3,(H,16,17). The zero-order chi connectivity index (χ0) is 13.5. The molecule has 2 aromatic heterocycles. The fourth-order valence-electron chi connectivity index (χ4n) is 1.80. The Bertz CT molecular complexity index is 672. The van der Waals surface area contributed by atoms with Gasteiger partial charge in [0, 0.05) is 6.20 Å². The normalized spacial score (nSPS) is 11.9. The number of anilines is 2. The van der Waals surface area contributed by atoms with E-state index < -0.39 is 0 Å². The lowest BCUT2D eigenvalue weighted by molar-refractivity contribution is 0.355. The number of nitrogens with one attached hydrogen (secondary N) is 1.